The van der Waals surface area contributed by atoms with Crippen molar-refractivity contribution in [2.75, 3.05) is 7.11 Å². The quantitative estimate of drug-likeness (QED) is 0.564. The topological polar surface area (TPSA) is 64.1 Å². The molecule has 11 heteroatoms. The molecule has 130 valence electrons. The van der Waals surface area contributed by atoms with Crippen LogP contribution in [0.25, 0.3) is 5.69 Å². The molecule has 1 heterocycles. The number of H-pyrrole nitrogens is 1. The minimum Gasteiger partial charge on any atom is -0.495 e. The first kappa shape index (κ1) is 18.4. The maximum atomic E-state index is 13.8. The van der Waals surface area contributed by atoms with E-state index in [4.69, 9.17) is 0 Å². The Morgan fingerprint density at radius 1 is 1.17 bits per heavy atom. The molecule has 0 spiro atoms. The zero-order valence-electron chi connectivity index (χ0n) is 11.7. The molecule has 1 aromatic heterocycles. The molecule has 5 nitrogen and oxygen atoms in total. The number of benzene rings is 1. The maximum Gasteiger partial charge on any atom is 0.458 e. The summed E-state index contributed by atoms with van der Waals surface area (Å²) in [5.41, 5.74) is -3.43. The fourth-order valence-electron chi connectivity index (χ4n) is 1.93. The number of aromatic amines is 1. The Kier molecular flexibility index (Phi) is 4.74. The molecular formula is C13H8F5IN2O3. The van der Waals surface area contributed by atoms with E-state index in [1.165, 1.54) is 28.7 Å². The Morgan fingerprint density at radius 2 is 1.79 bits per heavy atom. The van der Waals surface area contributed by atoms with Crippen LogP contribution >= 0.6 is 22.6 Å². The molecule has 0 fully saturated rings. The van der Waals surface area contributed by atoms with Gasteiger partial charge in [-0.05, 0) is 34.7 Å². The van der Waals surface area contributed by atoms with E-state index in [-0.39, 0.29) is 9.26 Å². The van der Waals surface area contributed by atoms with Gasteiger partial charge >= 0.3 is 17.8 Å². The van der Waals surface area contributed by atoms with E-state index < -0.39 is 34.7 Å². The average Bonchev–Trinajstić information content (AvgIpc) is 2.45. The molecule has 0 aliphatic carbocycles. The lowest BCUT2D eigenvalue weighted by Gasteiger charge is -2.23. The number of halogens is 6. The SMILES string of the molecule is COc1c(I)cc(-n2ccc(=O)[nH]c2=O)cc1C(F)(F)C(F)(F)F. The molecule has 0 saturated carbocycles. The summed E-state index contributed by atoms with van der Waals surface area (Å²) in [4.78, 5) is 24.7. The lowest BCUT2D eigenvalue weighted by molar-refractivity contribution is -0.289. The second-order valence-electron chi connectivity index (χ2n) is 4.56. The van der Waals surface area contributed by atoms with Gasteiger partial charge in [-0.15, -0.1) is 0 Å². The van der Waals surface area contributed by atoms with Crippen LogP contribution in [0, 0.1) is 3.57 Å². The van der Waals surface area contributed by atoms with Gasteiger partial charge in [0, 0.05) is 12.3 Å². The number of aromatic nitrogens is 2. The van der Waals surface area contributed by atoms with E-state index in [0.29, 0.717) is 6.07 Å². The standard InChI is InChI=1S/C13H8F5IN2O3/c1-24-10-7(12(14,15)13(16,17)18)4-6(5-8(10)19)21-3-2-9(22)20-11(21)23/h2-5H,1H3,(H,20,22,23). The number of alkyl halides is 5. The Balaban J connectivity index is 2.79. The number of rotatable bonds is 3. The van der Waals surface area contributed by atoms with Gasteiger partial charge in [0.05, 0.1) is 21.9 Å². The van der Waals surface area contributed by atoms with E-state index >= 15 is 0 Å². The first-order chi connectivity index (χ1) is 11.0. The highest BCUT2D eigenvalue weighted by Gasteiger charge is 2.60. The molecule has 0 bridgehead atoms. The van der Waals surface area contributed by atoms with Crippen molar-refractivity contribution in [3.05, 3.63) is 54.4 Å². The molecule has 0 aliphatic rings. The summed E-state index contributed by atoms with van der Waals surface area (Å²) in [6, 6.07) is 2.60. The fourth-order valence-corrected chi connectivity index (χ4v) is 2.76. The van der Waals surface area contributed by atoms with Gasteiger partial charge in [0.15, 0.2) is 0 Å². The summed E-state index contributed by atoms with van der Waals surface area (Å²) in [6.07, 6.45) is -4.88. The third-order valence-electron chi connectivity index (χ3n) is 3.03. The predicted molar refractivity (Wildman–Crippen MR) is 81.9 cm³/mol. The van der Waals surface area contributed by atoms with Crippen molar-refractivity contribution < 1.29 is 26.7 Å². The van der Waals surface area contributed by atoms with Crippen molar-refractivity contribution in [1.29, 1.82) is 0 Å². The van der Waals surface area contributed by atoms with Crippen LogP contribution in [-0.4, -0.2) is 22.8 Å². The molecule has 2 rings (SSSR count). The van der Waals surface area contributed by atoms with Crippen LogP contribution in [0.15, 0.2) is 34.0 Å². The third kappa shape index (κ3) is 3.16. The van der Waals surface area contributed by atoms with E-state index in [0.717, 1.165) is 23.9 Å². The summed E-state index contributed by atoms with van der Waals surface area (Å²) in [5, 5.41) is 0. The van der Waals surface area contributed by atoms with E-state index in [1.807, 2.05) is 4.98 Å². The van der Waals surface area contributed by atoms with Crippen molar-refractivity contribution >= 4 is 22.6 Å². The largest absolute Gasteiger partial charge is 0.495 e. The number of hydrogen-bond acceptors (Lipinski definition) is 3. The normalized spacial score (nSPS) is 12.3. The van der Waals surface area contributed by atoms with Crippen LogP contribution in [0.4, 0.5) is 22.0 Å². The van der Waals surface area contributed by atoms with Crippen LogP contribution in [0.1, 0.15) is 5.56 Å². The van der Waals surface area contributed by atoms with Crippen molar-refractivity contribution in [3.63, 3.8) is 0 Å². The van der Waals surface area contributed by atoms with Gasteiger partial charge in [-0.1, -0.05) is 0 Å². The highest BCUT2D eigenvalue weighted by atomic mass is 127. The van der Waals surface area contributed by atoms with E-state index in [1.54, 1.807) is 0 Å². The van der Waals surface area contributed by atoms with Gasteiger partial charge in [0.1, 0.15) is 5.75 Å². The Hall–Kier alpha value is -1.92. The molecule has 0 amide bonds. The highest BCUT2D eigenvalue weighted by molar-refractivity contribution is 14.1. The second-order valence-corrected chi connectivity index (χ2v) is 5.72. The fraction of sp³-hybridized carbons (Fsp3) is 0.231. The Bertz CT molecular complexity index is 888. The van der Waals surface area contributed by atoms with Gasteiger partial charge < -0.3 is 4.74 Å². The first-order valence-electron chi connectivity index (χ1n) is 6.14. The number of methoxy groups -OCH3 is 1. The van der Waals surface area contributed by atoms with Crippen LogP contribution in [0.5, 0.6) is 5.75 Å². The second kappa shape index (κ2) is 6.18. The van der Waals surface area contributed by atoms with Crippen molar-refractivity contribution in [2.45, 2.75) is 12.1 Å². The molecule has 24 heavy (non-hydrogen) atoms. The Morgan fingerprint density at radius 3 is 2.29 bits per heavy atom. The van der Waals surface area contributed by atoms with Gasteiger partial charge in [-0.3, -0.25) is 14.3 Å². The lowest BCUT2D eigenvalue weighted by Crippen LogP contribution is -2.34. The van der Waals surface area contributed by atoms with Crippen molar-refractivity contribution in [1.82, 2.24) is 9.55 Å². The van der Waals surface area contributed by atoms with Crippen molar-refractivity contribution in [3.8, 4) is 11.4 Å². The van der Waals surface area contributed by atoms with Crippen LogP contribution in [0.2, 0.25) is 0 Å². The molecule has 1 aromatic carbocycles. The number of nitrogens with zero attached hydrogens (tertiary/aromatic N) is 1. The smallest absolute Gasteiger partial charge is 0.458 e. The lowest BCUT2D eigenvalue weighted by atomic mass is 10.1. The zero-order valence-corrected chi connectivity index (χ0v) is 13.9. The minimum atomic E-state index is -5.85. The molecule has 0 radical (unpaired) electrons. The monoisotopic (exact) mass is 462 g/mol. The van der Waals surface area contributed by atoms with Crippen LogP contribution in [-0.2, 0) is 5.92 Å². The zero-order chi connectivity index (χ0) is 18.3. The van der Waals surface area contributed by atoms with Gasteiger partial charge in [-0.2, -0.15) is 22.0 Å². The maximum absolute atomic E-state index is 13.8. The number of hydrogen-bond donors (Lipinski definition) is 1. The molecular weight excluding hydrogens is 454 g/mol. The summed E-state index contributed by atoms with van der Waals surface area (Å²) >= 11 is 1.51. The average molecular weight is 462 g/mol. The summed E-state index contributed by atoms with van der Waals surface area (Å²) < 4.78 is 71.1. The summed E-state index contributed by atoms with van der Waals surface area (Å²) in [7, 11) is 0.958. The predicted octanol–water partition coefficient (Wildman–Crippen LogP) is 2.79. The third-order valence-corrected chi connectivity index (χ3v) is 3.83. The molecule has 0 unspecified atom stereocenters. The van der Waals surface area contributed by atoms with Gasteiger partial charge in [0.25, 0.3) is 5.56 Å². The summed E-state index contributed by atoms with van der Waals surface area (Å²) in [6.45, 7) is 0. The minimum absolute atomic E-state index is 0.0652. The first-order valence-corrected chi connectivity index (χ1v) is 7.22. The van der Waals surface area contributed by atoms with Gasteiger partial charge in [-0.25, -0.2) is 4.79 Å². The van der Waals surface area contributed by atoms with Crippen molar-refractivity contribution in [2.24, 2.45) is 0 Å². The highest BCUT2D eigenvalue weighted by Crippen LogP contribution is 2.48. The molecule has 2 aromatic rings. The Labute approximate surface area is 144 Å². The van der Waals surface area contributed by atoms with E-state index in [9.17, 15) is 31.5 Å². The van der Waals surface area contributed by atoms with Crippen LogP contribution < -0.4 is 16.0 Å². The molecule has 0 aliphatic heterocycles. The molecule has 0 atom stereocenters. The van der Waals surface area contributed by atoms with E-state index in [2.05, 4.69) is 4.74 Å². The number of ether oxygens (including phenoxy) is 1. The summed E-state index contributed by atoms with van der Waals surface area (Å²) in [5.74, 6) is -5.85. The molecule has 0 saturated heterocycles. The van der Waals surface area contributed by atoms with Crippen LogP contribution in [0.3, 0.4) is 0 Å². The molecule has 1 N–H and O–H groups in total. The number of nitrogens with one attached hydrogen (secondary N) is 1. The van der Waals surface area contributed by atoms with Gasteiger partial charge in [0.2, 0.25) is 0 Å².